The van der Waals surface area contributed by atoms with Gasteiger partial charge in [-0.2, -0.15) is 0 Å². The van der Waals surface area contributed by atoms with Crippen molar-refractivity contribution < 1.29 is 33.7 Å². The Hall–Kier alpha value is -3.78. The van der Waals surface area contributed by atoms with Crippen LogP contribution in [-0.2, 0) is 4.79 Å². The van der Waals surface area contributed by atoms with Crippen LogP contribution in [0.4, 0.5) is 4.39 Å². The highest BCUT2D eigenvalue weighted by atomic mass is 19.1. The highest BCUT2D eigenvalue weighted by Crippen LogP contribution is 2.27. The number of carbonyl (C=O) groups excluding carboxylic acids is 1. The van der Waals surface area contributed by atoms with E-state index < -0.39 is 30.3 Å². The number of carboxylic acids is 1. The lowest BCUT2D eigenvalue weighted by Crippen LogP contribution is -2.11. The topological polar surface area (TPSA) is 106 Å². The van der Waals surface area contributed by atoms with Crippen LogP contribution in [0.15, 0.2) is 60.8 Å². The number of carbonyl (C=O) groups is 2. The van der Waals surface area contributed by atoms with Gasteiger partial charge in [-0.15, -0.1) is 0 Å². The molecule has 30 heavy (non-hydrogen) atoms. The van der Waals surface area contributed by atoms with Gasteiger partial charge < -0.3 is 19.7 Å². The molecule has 1 atom stereocenters. The fourth-order valence-electron chi connectivity index (χ4n) is 2.75. The van der Waals surface area contributed by atoms with Crippen molar-refractivity contribution in [1.29, 1.82) is 0 Å². The molecule has 0 spiro atoms. The number of rotatable bonds is 7. The molecule has 1 heterocycles. The number of nitrogens with zero attached hydrogens (tertiary/aromatic N) is 1. The van der Waals surface area contributed by atoms with Gasteiger partial charge >= 0.3 is 11.9 Å². The van der Waals surface area contributed by atoms with Crippen LogP contribution in [0.1, 0.15) is 28.6 Å². The molecule has 0 saturated carbocycles. The Kier molecular flexibility index (Phi) is 6.38. The third-order valence-electron chi connectivity index (χ3n) is 4.28. The molecule has 0 amide bonds. The summed E-state index contributed by atoms with van der Waals surface area (Å²) in [4.78, 5) is 27.1. The summed E-state index contributed by atoms with van der Waals surface area (Å²) in [6.45, 7) is 0. The summed E-state index contributed by atoms with van der Waals surface area (Å²) in [7, 11) is 1.48. The first-order valence-electron chi connectivity index (χ1n) is 8.89. The van der Waals surface area contributed by atoms with Gasteiger partial charge in [0, 0.05) is 17.3 Å². The molecule has 0 unspecified atom stereocenters. The monoisotopic (exact) mass is 411 g/mol. The standard InChI is InChI=1S/C22H18FNO6/c1-29-15-6-7-18(23)17(10-15)14-5-8-19(24-12-14)22(28)30-16-4-2-3-13(9-16)20(25)11-21(26)27/h2-10,12,20,25H,11H2,1H3,(H,26,27)/t20-/m1/s1. The molecule has 3 aromatic rings. The summed E-state index contributed by atoms with van der Waals surface area (Å²) < 4.78 is 24.4. The second kappa shape index (κ2) is 9.15. The quantitative estimate of drug-likeness (QED) is 0.452. The lowest BCUT2D eigenvalue weighted by molar-refractivity contribution is -0.139. The van der Waals surface area contributed by atoms with E-state index in [1.807, 2.05) is 0 Å². The van der Waals surface area contributed by atoms with E-state index in [0.717, 1.165) is 0 Å². The van der Waals surface area contributed by atoms with E-state index in [1.54, 1.807) is 0 Å². The number of aromatic nitrogens is 1. The Bertz CT molecular complexity index is 1070. The Labute approximate surface area is 171 Å². The Morgan fingerprint density at radius 2 is 1.90 bits per heavy atom. The van der Waals surface area contributed by atoms with Crippen molar-refractivity contribution in [1.82, 2.24) is 4.98 Å². The summed E-state index contributed by atoms with van der Waals surface area (Å²) in [5.74, 6) is -1.74. The first-order chi connectivity index (χ1) is 14.4. The minimum absolute atomic E-state index is 0.00135. The fourth-order valence-corrected chi connectivity index (χ4v) is 2.75. The molecule has 0 aliphatic rings. The third kappa shape index (κ3) is 4.98. The maximum atomic E-state index is 14.1. The maximum Gasteiger partial charge on any atom is 0.362 e. The molecule has 8 heteroatoms. The fraction of sp³-hybridized carbons (Fsp3) is 0.136. The zero-order valence-corrected chi connectivity index (χ0v) is 15.9. The van der Waals surface area contributed by atoms with Gasteiger partial charge in [0.25, 0.3) is 0 Å². The number of esters is 1. The smallest absolute Gasteiger partial charge is 0.362 e. The second-order valence-corrected chi connectivity index (χ2v) is 6.35. The molecular weight excluding hydrogens is 393 g/mol. The van der Waals surface area contributed by atoms with Crippen LogP contribution in [0.2, 0.25) is 0 Å². The number of halogens is 1. The van der Waals surface area contributed by atoms with Crippen LogP contribution >= 0.6 is 0 Å². The summed E-state index contributed by atoms with van der Waals surface area (Å²) in [5.41, 5.74) is 1.04. The number of hydrogen-bond donors (Lipinski definition) is 2. The third-order valence-corrected chi connectivity index (χ3v) is 4.28. The molecule has 0 bridgehead atoms. The van der Waals surface area contributed by atoms with Crippen molar-refractivity contribution >= 4 is 11.9 Å². The zero-order valence-electron chi connectivity index (χ0n) is 15.9. The maximum absolute atomic E-state index is 14.1. The number of pyridine rings is 1. The van der Waals surface area contributed by atoms with Crippen LogP contribution in [0, 0.1) is 5.82 Å². The van der Waals surface area contributed by atoms with Crippen LogP contribution in [0.5, 0.6) is 11.5 Å². The van der Waals surface area contributed by atoms with Gasteiger partial charge in [0.2, 0.25) is 0 Å². The predicted molar refractivity (Wildman–Crippen MR) is 105 cm³/mol. The van der Waals surface area contributed by atoms with Crippen LogP contribution in [0.3, 0.4) is 0 Å². The van der Waals surface area contributed by atoms with Gasteiger partial charge in [-0.1, -0.05) is 18.2 Å². The van der Waals surface area contributed by atoms with Crippen LogP contribution in [-0.4, -0.2) is 34.2 Å². The van der Waals surface area contributed by atoms with E-state index in [0.29, 0.717) is 16.9 Å². The molecule has 2 aromatic carbocycles. The summed E-state index contributed by atoms with van der Waals surface area (Å²) >= 11 is 0. The van der Waals surface area contributed by atoms with Crippen LogP contribution < -0.4 is 9.47 Å². The van der Waals surface area contributed by atoms with E-state index in [2.05, 4.69) is 4.98 Å². The van der Waals surface area contributed by atoms with E-state index >= 15 is 0 Å². The van der Waals surface area contributed by atoms with Crippen molar-refractivity contribution in [2.24, 2.45) is 0 Å². The average Bonchev–Trinajstić information content (AvgIpc) is 2.74. The van der Waals surface area contributed by atoms with Gasteiger partial charge in [-0.05, 0) is 42.0 Å². The summed E-state index contributed by atoms with van der Waals surface area (Å²) in [6, 6.07) is 13.2. The molecule has 7 nitrogen and oxygen atoms in total. The number of aliphatic hydroxyl groups excluding tert-OH is 1. The molecule has 0 fully saturated rings. The molecule has 154 valence electrons. The number of carboxylic acid groups (broad SMARTS) is 1. The number of aliphatic carboxylic acids is 1. The van der Waals surface area contributed by atoms with Gasteiger partial charge in [0.05, 0.1) is 19.6 Å². The second-order valence-electron chi connectivity index (χ2n) is 6.35. The van der Waals surface area contributed by atoms with Crippen molar-refractivity contribution in [3.63, 3.8) is 0 Å². The first kappa shape index (κ1) is 20.9. The van der Waals surface area contributed by atoms with Gasteiger partial charge in [0.15, 0.2) is 0 Å². The van der Waals surface area contributed by atoms with Crippen molar-refractivity contribution in [2.75, 3.05) is 7.11 Å². The molecule has 0 radical (unpaired) electrons. The number of methoxy groups -OCH3 is 1. The lowest BCUT2D eigenvalue weighted by atomic mass is 10.1. The Morgan fingerprint density at radius 3 is 2.57 bits per heavy atom. The van der Waals surface area contributed by atoms with Gasteiger partial charge in [-0.3, -0.25) is 4.79 Å². The largest absolute Gasteiger partial charge is 0.497 e. The van der Waals surface area contributed by atoms with Crippen LogP contribution in [0.25, 0.3) is 11.1 Å². The van der Waals surface area contributed by atoms with Gasteiger partial charge in [0.1, 0.15) is 23.0 Å². The highest BCUT2D eigenvalue weighted by molar-refractivity contribution is 5.89. The molecule has 3 rings (SSSR count). The van der Waals surface area contributed by atoms with Crippen molar-refractivity contribution in [3.05, 3.63) is 77.9 Å². The summed E-state index contributed by atoms with van der Waals surface area (Å²) in [5, 5.41) is 18.7. The molecule has 1 aromatic heterocycles. The highest BCUT2D eigenvalue weighted by Gasteiger charge is 2.16. The molecule has 0 aliphatic heterocycles. The summed E-state index contributed by atoms with van der Waals surface area (Å²) in [6.07, 6.45) is -0.348. The minimum atomic E-state index is -1.23. The van der Waals surface area contributed by atoms with E-state index in [9.17, 15) is 19.1 Å². The predicted octanol–water partition coefficient (Wildman–Crippen LogP) is 3.62. The van der Waals surface area contributed by atoms with Crippen molar-refractivity contribution in [2.45, 2.75) is 12.5 Å². The van der Waals surface area contributed by atoms with E-state index in [1.165, 1.54) is 67.9 Å². The number of aliphatic hydroxyl groups is 1. The lowest BCUT2D eigenvalue weighted by Gasteiger charge is -2.10. The van der Waals surface area contributed by atoms with Crippen molar-refractivity contribution in [3.8, 4) is 22.6 Å². The number of ether oxygens (including phenoxy) is 2. The van der Waals surface area contributed by atoms with E-state index in [-0.39, 0.29) is 17.0 Å². The van der Waals surface area contributed by atoms with E-state index in [4.69, 9.17) is 14.6 Å². The number of hydrogen-bond acceptors (Lipinski definition) is 6. The minimum Gasteiger partial charge on any atom is -0.497 e. The Morgan fingerprint density at radius 1 is 1.10 bits per heavy atom. The molecule has 0 saturated heterocycles. The number of benzene rings is 2. The molecule has 0 aliphatic carbocycles. The zero-order chi connectivity index (χ0) is 21.7. The SMILES string of the molecule is COc1ccc(F)c(-c2ccc(C(=O)Oc3cccc([C@H](O)CC(=O)O)c3)nc2)c1. The van der Waals surface area contributed by atoms with Gasteiger partial charge in [-0.25, -0.2) is 14.2 Å². The molecular formula is C22H18FNO6. The average molecular weight is 411 g/mol. The Balaban J connectivity index is 1.75. The normalized spacial score (nSPS) is 11.6. The first-order valence-corrected chi connectivity index (χ1v) is 8.89. The molecule has 2 N–H and O–H groups in total.